The summed E-state index contributed by atoms with van der Waals surface area (Å²) < 4.78 is 1.59. The number of piperazine rings is 1. The van der Waals surface area contributed by atoms with E-state index in [1.54, 1.807) is 23.0 Å². The first kappa shape index (κ1) is 26.1. The first-order chi connectivity index (χ1) is 18.4. The van der Waals surface area contributed by atoms with Crippen LogP contribution in [0.1, 0.15) is 47.3 Å². The summed E-state index contributed by atoms with van der Waals surface area (Å²) in [4.78, 5) is 35.7. The molecule has 8 heteroatoms. The predicted molar refractivity (Wildman–Crippen MR) is 151 cm³/mol. The van der Waals surface area contributed by atoms with Gasteiger partial charge in [-0.2, -0.15) is 0 Å². The minimum atomic E-state index is -0.233. The molecular weight excluding hydrogens is 476 g/mol. The van der Waals surface area contributed by atoms with E-state index in [4.69, 9.17) is 0 Å². The largest absolute Gasteiger partial charge is 0.358 e. The van der Waals surface area contributed by atoms with Crippen molar-refractivity contribution in [2.45, 2.75) is 38.8 Å². The molecule has 0 unspecified atom stereocenters. The Balaban J connectivity index is 1.42. The lowest BCUT2D eigenvalue weighted by Crippen LogP contribution is -2.46. The topological polar surface area (TPSA) is 82.5 Å². The lowest BCUT2D eigenvalue weighted by Gasteiger charge is -2.36. The maximum absolute atomic E-state index is 13.7. The Morgan fingerprint density at radius 2 is 1.82 bits per heavy atom. The number of anilines is 1. The molecule has 0 bridgehead atoms. The van der Waals surface area contributed by atoms with Gasteiger partial charge in [0.25, 0.3) is 11.5 Å². The molecule has 2 atom stereocenters. The van der Waals surface area contributed by atoms with Crippen molar-refractivity contribution in [3.63, 3.8) is 0 Å². The number of aryl methyl sites for hydroxylation is 1. The van der Waals surface area contributed by atoms with Gasteiger partial charge in [-0.05, 0) is 56.0 Å². The van der Waals surface area contributed by atoms with E-state index in [-0.39, 0.29) is 29.5 Å². The van der Waals surface area contributed by atoms with Gasteiger partial charge < -0.3 is 20.4 Å². The van der Waals surface area contributed by atoms with Crippen LogP contribution in [0, 0.1) is 12.8 Å². The van der Waals surface area contributed by atoms with E-state index in [1.165, 1.54) is 0 Å². The molecule has 2 aliphatic rings. The molecule has 5 rings (SSSR count). The number of hydrogen-bond acceptors (Lipinski definition) is 6. The van der Waals surface area contributed by atoms with Crippen molar-refractivity contribution < 1.29 is 4.79 Å². The second kappa shape index (κ2) is 11.5. The lowest BCUT2D eigenvalue weighted by molar-refractivity contribution is 0.0951. The Morgan fingerprint density at radius 3 is 2.53 bits per heavy atom. The van der Waals surface area contributed by atoms with E-state index in [2.05, 4.69) is 51.5 Å². The molecule has 1 aromatic heterocycles. The highest BCUT2D eigenvalue weighted by Crippen LogP contribution is 2.27. The number of aromatic nitrogens is 2. The van der Waals surface area contributed by atoms with Crippen molar-refractivity contribution >= 4 is 11.7 Å². The monoisotopic (exact) mass is 514 g/mol. The molecule has 1 aliphatic heterocycles. The van der Waals surface area contributed by atoms with Gasteiger partial charge in [0.1, 0.15) is 0 Å². The van der Waals surface area contributed by atoms with Crippen molar-refractivity contribution in [2.75, 3.05) is 45.1 Å². The maximum atomic E-state index is 13.7. The van der Waals surface area contributed by atoms with Crippen LogP contribution in [0.2, 0.25) is 0 Å². The number of rotatable bonds is 9. The molecule has 2 N–H and O–H groups in total. The summed E-state index contributed by atoms with van der Waals surface area (Å²) in [7, 11) is 2.16. The summed E-state index contributed by atoms with van der Waals surface area (Å²) >= 11 is 0. The Labute approximate surface area is 224 Å². The van der Waals surface area contributed by atoms with Crippen molar-refractivity contribution in [3.8, 4) is 5.69 Å². The van der Waals surface area contributed by atoms with Crippen LogP contribution in [0.4, 0.5) is 5.82 Å². The summed E-state index contributed by atoms with van der Waals surface area (Å²) in [5.74, 6) is 0.446. The Hall–Kier alpha value is -3.49. The van der Waals surface area contributed by atoms with Gasteiger partial charge in [0.2, 0.25) is 0 Å². The number of carbonyl (C=O) groups is 1. The third kappa shape index (κ3) is 6.14. The Bertz CT molecular complexity index is 1310. The molecule has 8 nitrogen and oxygen atoms in total. The zero-order valence-electron chi connectivity index (χ0n) is 22.6. The lowest BCUT2D eigenvalue weighted by atomic mass is 9.93. The number of nitrogens with zero attached hydrogens (tertiary/aromatic N) is 4. The number of amides is 1. The van der Waals surface area contributed by atoms with Crippen LogP contribution in [0.5, 0.6) is 0 Å². The maximum Gasteiger partial charge on any atom is 0.297 e. The van der Waals surface area contributed by atoms with Crippen LogP contribution in [-0.2, 0) is 0 Å². The first-order valence-corrected chi connectivity index (χ1v) is 13.6. The molecule has 0 spiro atoms. The molecule has 2 aromatic carbocycles. The van der Waals surface area contributed by atoms with Crippen LogP contribution in [0.15, 0.2) is 65.7 Å². The van der Waals surface area contributed by atoms with E-state index in [1.807, 2.05) is 37.3 Å². The van der Waals surface area contributed by atoms with Crippen LogP contribution < -0.4 is 16.2 Å². The van der Waals surface area contributed by atoms with Crippen molar-refractivity contribution in [1.82, 2.24) is 24.7 Å². The zero-order chi connectivity index (χ0) is 26.6. The number of benzene rings is 2. The molecule has 200 valence electrons. The molecule has 1 saturated heterocycles. The van der Waals surface area contributed by atoms with Gasteiger partial charge >= 0.3 is 0 Å². The van der Waals surface area contributed by atoms with Crippen molar-refractivity contribution in [3.05, 3.63) is 88.0 Å². The fourth-order valence-corrected chi connectivity index (χ4v) is 5.11. The van der Waals surface area contributed by atoms with E-state index in [0.717, 1.165) is 56.7 Å². The highest BCUT2D eigenvalue weighted by Gasteiger charge is 2.26. The second-order valence-electron chi connectivity index (χ2n) is 10.8. The van der Waals surface area contributed by atoms with E-state index >= 15 is 0 Å². The second-order valence-corrected chi connectivity index (χ2v) is 10.8. The smallest absolute Gasteiger partial charge is 0.297 e. The fourth-order valence-electron chi connectivity index (χ4n) is 5.11. The number of likely N-dealkylation sites (N-methyl/N-ethyl adjacent to an activating group) is 1. The van der Waals surface area contributed by atoms with Gasteiger partial charge in [0, 0.05) is 56.7 Å². The van der Waals surface area contributed by atoms with Gasteiger partial charge in [-0.25, -0.2) is 4.98 Å². The predicted octanol–water partition coefficient (Wildman–Crippen LogP) is 3.47. The average molecular weight is 515 g/mol. The minimum absolute atomic E-state index is 0.0799. The normalized spacial score (nSPS) is 18.1. The minimum Gasteiger partial charge on any atom is -0.358 e. The van der Waals surface area contributed by atoms with E-state index in [0.29, 0.717) is 17.1 Å². The fraction of sp³-hybridized carbons (Fsp3) is 0.433. The van der Waals surface area contributed by atoms with Gasteiger partial charge in [-0.15, -0.1) is 0 Å². The molecule has 2 fully saturated rings. The third-order valence-electron chi connectivity index (χ3n) is 7.65. The number of nitrogens with one attached hydrogen (secondary N) is 2. The van der Waals surface area contributed by atoms with Crippen LogP contribution in [0.25, 0.3) is 5.69 Å². The third-order valence-corrected chi connectivity index (χ3v) is 7.65. The van der Waals surface area contributed by atoms with Crippen LogP contribution >= 0.6 is 0 Å². The van der Waals surface area contributed by atoms with E-state index in [9.17, 15) is 9.59 Å². The SMILES string of the molecule is Cc1ccc(C(=O)NC2CC2)cc1-n1ccnc(N[C@@H](c2ccccc2)[C@H](C)CN2CCN(C)CC2)c1=O. The Morgan fingerprint density at radius 1 is 1.08 bits per heavy atom. The molecule has 0 radical (unpaired) electrons. The molecule has 1 aliphatic carbocycles. The summed E-state index contributed by atoms with van der Waals surface area (Å²) in [6.07, 6.45) is 5.37. The van der Waals surface area contributed by atoms with Gasteiger partial charge in [-0.3, -0.25) is 14.2 Å². The summed E-state index contributed by atoms with van der Waals surface area (Å²) in [5, 5.41) is 6.53. The summed E-state index contributed by atoms with van der Waals surface area (Å²) in [5.41, 5.74) is 3.04. The van der Waals surface area contributed by atoms with Crippen LogP contribution in [0.3, 0.4) is 0 Å². The van der Waals surface area contributed by atoms with E-state index < -0.39 is 0 Å². The number of carbonyl (C=O) groups excluding carboxylic acids is 1. The van der Waals surface area contributed by atoms with Crippen LogP contribution in [-0.4, -0.2) is 71.1 Å². The Kier molecular flexibility index (Phi) is 7.90. The quantitative estimate of drug-likeness (QED) is 0.455. The van der Waals surface area contributed by atoms with Gasteiger partial charge in [0.15, 0.2) is 5.82 Å². The van der Waals surface area contributed by atoms with Gasteiger partial charge in [-0.1, -0.05) is 43.3 Å². The van der Waals surface area contributed by atoms with Crippen molar-refractivity contribution in [2.24, 2.45) is 5.92 Å². The molecule has 38 heavy (non-hydrogen) atoms. The average Bonchev–Trinajstić information content (AvgIpc) is 3.74. The molecule has 2 heterocycles. The molecule has 1 saturated carbocycles. The summed E-state index contributed by atoms with van der Waals surface area (Å²) in [6, 6.07) is 16.0. The summed E-state index contributed by atoms with van der Waals surface area (Å²) in [6.45, 7) is 9.33. The molecule has 1 amide bonds. The zero-order valence-corrected chi connectivity index (χ0v) is 22.6. The standard InChI is InChI=1S/C30H38N6O2/c1-21-9-10-24(29(37)32-25-11-12-25)19-26(21)36-14-13-31-28(30(36)38)33-27(23-7-5-4-6-8-23)22(2)20-35-17-15-34(3)16-18-35/h4-10,13-14,19,22,25,27H,11-12,15-18,20H2,1-3H3,(H,31,33)(H,32,37)/t22-,27-/m1/s1. The molecular formula is C30H38N6O2. The highest BCUT2D eigenvalue weighted by molar-refractivity contribution is 5.95. The number of hydrogen-bond donors (Lipinski definition) is 2. The molecule has 3 aromatic rings. The van der Waals surface area contributed by atoms with Crippen molar-refractivity contribution in [1.29, 1.82) is 0 Å². The van der Waals surface area contributed by atoms with Gasteiger partial charge in [0.05, 0.1) is 11.7 Å². The first-order valence-electron chi connectivity index (χ1n) is 13.6. The highest BCUT2D eigenvalue weighted by atomic mass is 16.2.